The molecule has 0 amide bonds. The topological polar surface area (TPSA) is 59.6 Å². The quantitative estimate of drug-likeness (QED) is 0.569. The van der Waals surface area contributed by atoms with Crippen LogP contribution in [0.5, 0.6) is 0 Å². The van der Waals surface area contributed by atoms with E-state index in [9.17, 15) is 13.2 Å². The standard InChI is InChI=1S/C19H22F3N3O/c1-2-14-4-3-5-17(10-14)25-18(23)24-11-15-6-8-16(9-7-15)12-26-13-19(20,21)22/h3-10H,2,11-13H2,1H3,(H3,23,24,25). The van der Waals surface area contributed by atoms with Crippen LogP contribution in [0.2, 0.25) is 0 Å². The number of anilines is 1. The Hall–Kier alpha value is -2.54. The number of hydrogen-bond acceptors (Lipinski definition) is 2. The molecule has 0 heterocycles. The van der Waals surface area contributed by atoms with Crippen LogP contribution in [0.3, 0.4) is 0 Å². The van der Waals surface area contributed by atoms with Crippen molar-refractivity contribution in [1.29, 1.82) is 0 Å². The molecule has 0 aliphatic rings. The van der Waals surface area contributed by atoms with E-state index < -0.39 is 12.8 Å². The van der Waals surface area contributed by atoms with Gasteiger partial charge in [-0.2, -0.15) is 13.2 Å². The summed E-state index contributed by atoms with van der Waals surface area (Å²) in [7, 11) is 0. The van der Waals surface area contributed by atoms with Crippen molar-refractivity contribution in [3.8, 4) is 0 Å². The highest BCUT2D eigenvalue weighted by atomic mass is 19.4. The maximum Gasteiger partial charge on any atom is 0.411 e. The molecule has 0 aliphatic heterocycles. The van der Waals surface area contributed by atoms with E-state index in [2.05, 4.69) is 22.0 Å². The number of nitrogens with one attached hydrogen (secondary N) is 1. The molecular weight excluding hydrogens is 343 g/mol. The minimum atomic E-state index is -4.31. The van der Waals surface area contributed by atoms with Crippen molar-refractivity contribution in [2.45, 2.75) is 32.7 Å². The number of alkyl halides is 3. The summed E-state index contributed by atoms with van der Waals surface area (Å²) in [5.74, 6) is 0.302. The molecule has 4 nitrogen and oxygen atoms in total. The summed E-state index contributed by atoms with van der Waals surface area (Å²) in [6.07, 6.45) is -3.37. The molecule has 0 atom stereocenters. The smallest absolute Gasteiger partial charge is 0.370 e. The van der Waals surface area contributed by atoms with Crippen LogP contribution in [0.25, 0.3) is 0 Å². The lowest BCUT2D eigenvalue weighted by molar-refractivity contribution is -0.176. The van der Waals surface area contributed by atoms with Crippen LogP contribution in [0.15, 0.2) is 53.5 Å². The second-order valence-corrected chi connectivity index (χ2v) is 5.80. The van der Waals surface area contributed by atoms with Crippen molar-refractivity contribution in [3.63, 3.8) is 0 Å². The fourth-order valence-electron chi connectivity index (χ4n) is 2.26. The third-order valence-corrected chi connectivity index (χ3v) is 3.60. The molecule has 0 radical (unpaired) electrons. The molecule has 3 N–H and O–H groups in total. The Morgan fingerprint density at radius 3 is 2.42 bits per heavy atom. The normalized spacial score (nSPS) is 12.2. The first-order chi connectivity index (χ1) is 12.4. The van der Waals surface area contributed by atoms with Gasteiger partial charge in [0.05, 0.1) is 13.2 Å². The highest BCUT2D eigenvalue weighted by Crippen LogP contribution is 2.16. The minimum absolute atomic E-state index is 0.0828. The van der Waals surface area contributed by atoms with E-state index in [1.807, 2.05) is 24.3 Å². The number of aliphatic imine (C=N–C) groups is 1. The van der Waals surface area contributed by atoms with Crippen molar-refractivity contribution >= 4 is 11.6 Å². The van der Waals surface area contributed by atoms with Crippen LogP contribution in [0.4, 0.5) is 18.9 Å². The number of nitrogens with two attached hydrogens (primary N) is 1. The molecule has 0 aromatic heterocycles. The largest absolute Gasteiger partial charge is 0.411 e. The zero-order valence-electron chi connectivity index (χ0n) is 14.5. The number of hydrogen-bond donors (Lipinski definition) is 2. The van der Waals surface area contributed by atoms with Gasteiger partial charge < -0.3 is 15.8 Å². The molecule has 0 spiro atoms. The van der Waals surface area contributed by atoms with Gasteiger partial charge in [0.1, 0.15) is 6.61 Å². The van der Waals surface area contributed by atoms with Gasteiger partial charge in [0, 0.05) is 5.69 Å². The fraction of sp³-hybridized carbons (Fsp3) is 0.316. The molecule has 140 valence electrons. The summed E-state index contributed by atoms with van der Waals surface area (Å²) in [6.45, 7) is 1.12. The fourth-order valence-corrected chi connectivity index (χ4v) is 2.26. The van der Waals surface area contributed by atoms with E-state index in [1.165, 1.54) is 5.56 Å². The average Bonchev–Trinajstić information content (AvgIpc) is 2.60. The summed E-state index contributed by atoms with van der Waals surface area (Å²) in [5, 5.41) is 3.04. The molecule has 0 unspecified atom stereocenters. The van der Waals surface area contributed by atoms with Crippen molar-refractivity contribution in [2.24, 2.45) is 10.7 Å². The van der Waals surface area contributed by atoms with Gasteiger partial charge in [0.2, 0.25) is 0 Å². The summed E-state index contributed by atoms with van der Waals surface area (Å²) in [4.78, 5) is 4.27. The zero-order valence-corrected chi connectivity index (χ0v) is 14.5. The number of benzene rings is 2. The third-order valence-electron chi connectivity index (χ3n) is 3.60. The van der Waals surface area contributed by atoms with Gasteiger partial charge >= 0.3 is 6.18 Å². The molecule has 0 saturated heterocycles. The van der Waals surface area contributed by atoms with E-state index in [4.69, 9.17) is 5.73 Å². The maximum atomic E-state index is 12.0. The predicted octanol–water partition coefficient (Wildman–Crippen LogP) is 4.25. The maximum absolute atomic E-state index is 12.0. The Bertz CT molecular complexity index is 728. The molecule has 0 bridgehead atoms. The van der Waals surface area contributed by atoms with Crippen molar-refractivity contribution in [1.82, 2.24) is 0 Å². The second kappa shape index (κ2) is 9.24. The number of guanidine groups is 1. The summed E-state index contributed by atoms with van der Waals surface area (Å²) >= 11 is 0. The van der Waals surface area contributed by atoms with E-state index in [-0.39, 0.29) is 6.61 Å². The SMILES string of the molecule is CCc1cccc(NC(N)=NCc2ccc(COCC(F)(F)F)cc2)c1. The first-order valence-electron chi connectivity index (χ1n) is 8.24. The lowest BCUT2D eigenvalue weighted by Crippen LogP contribution is -2.22. The Labute approximate surface area is 150 Å². The Balaban J connectivity index is 1.84. The highest BCUT2D eigenvalue weighted by Gasteiger charge is 2.27. The van der Waals surface area contributed by atoms with Crippen molar-refractivity contribution in [3.05, 3.63) is 65.2 Å². The van der Waals surface area contributed by atoms with Crippen molar-refractivity contribution < 1.29 is 17.9 Å². The molecule has 2 aromatic carbocycles. The molecule has 0 fully saturated rings. The zero-order chi connectivity index (χ0) is 19.0. The average molecular weight is 365 g/mol. The van der Waals surface area contributed by atoms with Crippen molar-refractivity contribution in [2.75, 3.05) is 11.9 Å². The number of rotatable bonds is 7. The third kappa shape index (κ3) is 7.14. The van der Waals surface area contributed by atoms with Crippen LogP contribution in [0, 0.1) is 0 Å². The van der Waals surface area contributed by atoms with Gasteiger partial charge in [0.15, 0.2) is 5.96 Å². The molecule has 7 heteroatoms. The predicted molar refractivity (Wildman–Crippen MR) is 96.9 cm³/mol. The Morgan fingerprint density at radius 2 is 1.77 bits per heavy atom. The molecule has 0 aliphatic carbocycles. The minimum Gasteiger partial charge on any atom is -0.370 e. The van der Waals surface area contributed by atoms with Gasteiger partial charge in [-0.3, -0.25) is 0 Å². The summed E-state index contributed by atoms with van der Waals surface area (Å²) in [6, 6.07) is 14.9. The van der Waals surface area contributed by atoms with Crippen LogP contribution in [-0.4, -0.2) is 18.7 Å². The van der Waals surface area contributed by atoms with E-state index in [0.29, 0.717) is 18.1 Å². The number of nitrogens with zero attached hydrogens (tertiary/aromatic N) is 1. The Morgan fingerprint density at radius 1 is 1.08 bits per heavy atom. The lowest BCUT2D eigenvalue weighted by Gasteiger charge is -2.08. The summed E-state index contributed by atoms with van der Waals surface area (Å²) in [5.41, 5.74) is 9.54. The van der Waals surface area contributed by atoms with Crippen LogP contribution < -0.4 is 11.1 Å². The highest BCUT2D eigenvalue weighted by molar-refractivity contribution is 5.92. The van der Waals surface area contributed by atoms with Crippen LogP contribution >= 0.6 is 0 Å². The van der Waals surface area contributed by atoms with E-state index in [1.54, 1.807) is 24.3 Å². The van der Waals surface area contributed by atoms with E-state index >= 15 is 0 Å². The molecular formula is C19H22F3N3O. The van der Waals surface area contributed by atoms with Gasteiger partial charge in [-0.05, 0) is 35.2 Å². The van der Waals surface area contributed by atoms with Crippen LogP contribution in [-0.2, 0) is 24.3 Å². The molecule has 2 rings (SSSR count). The summed E-state index contributed by atoms with van der Waals surface area (Å²) < 4.78 is 40.7. The number of aryl methyl sites for hydroxylation is 1. The van der Waals surface area contributed by atoms with Gasteiger partial charge in [-0.25, -0.2) is 4.99 Å². The van der Waals surface area contributed by atoms with Gasteiger partial charge in [0.25, 0.3) is 0 Å². The monoisotopic (exact) mass is 365 g/mol. The molecule has 0 saturated carbocycles. The Kier molecular flexibility index (Phi) is 7.03. The first-order valence-corrected chi connectivity index (χ1v) is 8.24. The second-order valence-electron chi connectivity index (χ2n) is 5.80. The van der Waals surface area contributed by atoms with Gasteiger partial charge in [-0.15, -0.1) is 0 Å². The van der Waals surface area contributed by atoms with E-state index in [0.717, 1.165) is 17.7 Å². The molecule has 26 heavy (non-hydrogen) atoms. The lowest BCUT2D eigenvalue weighted by atomic mass is 10.1. The van der Waals surface area contributed by atoms with Gasteiger partial charge in [-0.1, -0.05) is 43.3 Å². The number of halogens is 3. The van der Waals surface area contributed by atoms with Crippen LogP contribution in [0.1, 0.15) is 23.6 Å². The first kappa shape index (κ1) is 19.8. The number of ether oxygens (including phenoxy) is 1. The molecule has 2 aromatic rings.